The Labute approximate surface area is 97.8 Å². The van der Waals surface area contributed by atoms with Crippen molar-refractivity contribution >= 4 is 0 Å². The fourth-order valence-corrected chi connectivity index (χ4v) is 1.10. The molecule has 0 aromatic rings. The van der Waals surface area contributed by atoms with Crippen LogP contribution >= 0.6 is 0 Å². The first-order valence-electron chi connectivity index (χ1n) is 5.99. The molecular weight excluding hydrogens is 210 g/mol. The lowest BCUT2D eigenvalue weighted by molar-refractivity contribution is 0.108. The Morgan fingerprint density at radius 1 is 0.688 bits per heavy atom. The van der Waals surface area contributed by atoms with Crippen molar-refractivity contribution < 1.29 is 19.7 Å². The van der Waals surface area contributed by atoms with Gasteiger partial charge in [-0.1, -0.05) is 0 Å². The average Bonchev–Trinajstić information content (AvgIpc) is 2.31. The smallest absolute Gasteiger partial charge is 0.0590 e. The van der Waals surface area contributed by atoms with E-state index in [1.807, 2.05) is 0 Å². The largest absolute Gasteiger partial charge is 0.396 e. The molecule has 0 rings (SSSR count). The van der Waals surface area contributed by atoms with E-state index in [-0.39, 0.29) is 13.2 Å². The highest BCUT2D eigenvalue weighted by atomic mass is 16.5. The zero-order valence-electron chi connectivity index (χ0n) is 9.99. The highest BCUT2D eigenvalue weighted by molar-refractivity contribution is 4.45. The minimum atomic E-state index is 0.190. The Hall–Kier alpha value is -0.200. The third kappa shape index (κ3) is 13.8. The summed E-state index contributed by atoms with van der Waals surface area (Å²) in [5.74, 6) is 0. The van der Waals surface area contributed by atoms with Crippen molar-refractivity contribution in [1.29, 1.82) is 0 Å². The zero-order chi connectivity index (χ0) is 11.9. The van der Waals surface area contributed by atoms with Gasteiger partial charge in [-0.2, -0.15) is 0 Å². The van der Waals surface area contributed by atoms with Crippen molar-refractivity contribution in [1.82, 2.24) is 5.32 Å². The Morgan fingerprint density at radius 2 is 1.25 bits per heavy atom. The van der Waals surface area contributed by atoms with Crippen molar-refractivity contribution in [2.24, 2.45) is 0 Å². The Bertz CT molecular complexity index is 111. The molecule has 0 aliphatic heterocycles. The van der Waals surface area contributed by atoms with Gasteiger partial charge in [-0.25, -0.2) is 0 Å². The maximum atomic E-state index is 8.53. The molecule has 0 aromatic heterocycles. The van der Waals surface area contributed by atoms with Gasteiger partial charge in [-0.05, 0) is 19.3 Å². The van der Waals surface area contributed by atoms with Crippen molar-refractivity contribution in [3.63, 3.8) is 0 Å². The number of ether oxygens (including phenoxy) is 2. The van der Waals surface area contributed by atoms with E-state index in [1.165, 1.54) is 0 Å². The molecule has 0 unspecified atom stereocenters. The van der Waals surface area contributed by atoms with Gasteiger partial charge in [-0.3, -0.25) is 0 Å². The number of rotatable bonds is 13. The minimum absolute atomic E-state index is 0.190. The molecule has 0 aliphatic rings. The Kier molecular flexibility index (Phi) is 14.6. The third-order valence-corrected chi connectivity index (χ3v) is 1.99. The van der Waals surface area contributed by atoms with Gasteiger partial charge in [0.1, 0.15) is 0 Å². The van der Waals surface area contributed by atoms with Gasteiger partial charge in [0.25, 0.3) is 0 Å². The summed E-state index contributed by atoms with van der Waals surface area (Å²) in [6.45, 7) is 4.77. The molecule has 0 heterocycles. The second-order valence-electron chi connectivity index (χ2n) is 3.48. The molecule has 0 saturated carbocycles. The first kappa shape index (κ1) is 15.8. The summed E-state index contributed by atoms with van der Waals surface area (Å²) >= 11 is 0. The van der Waals surface area contributed by atoms with Crippen LogP contribution in [0.4, 0.5) is 0 Å². The summed E-state index contributed by atoms with van der Waals surface area (Å²) < 4.78 is 10.6. The molecule has 5 nitrogen and oxygen atoms in total. The molecule has 3 N–H and O–H groups in total. The standard InChI is InChI=1S/C11H25NO4/c13-6-1-2-8-15-10-4-12-5-11-16-9-3-7-14/h12-14H,1-11H2. The maximum Gasteiger partial charge on any atom is 0.0590 e. The summed E-state index contributed by atoms with van der Waals surface area (Å²) in [4.78, 5) is 0. The fraction of sp³-hybridized carbons (Fsp3) is 1.00. The summed E-state index contributed by atoms with van der Waals surface area (Å²) in [6.07, 6.45) is 2.43. The molecule has 0 bridgehead atoms. The summed E-state index contributed by atoms with van der Waals surface area (Å²) in [5, 5.41) is 20.2. The van der Waals surface area contributed by atoms with E-state index in [9.17, 15) is 0 Å². The second kappa shape index (κ2) is 14.8. The van der Waals surface area contributed by atoms with E-state index in [1.54, 1.807) is 0 Å². The van der Waals surface area contributed by atoms with Crippen molar-refractivity contribution in [3.05, 3.63) is 0 Å². The predicted octanol–water partition coefficient (Wildman–Crippen LogP) is -0.236. The molecule has 0 amide bonds. The van der Waals surface area contributed by atoms with Crippen LogP contribution in [0.15, 0.2) is 0 Å². The van der Waals surface area contributed by atoms with Crippen LogP contribution in [0.3, 0.4) is 0 Å². The first-order valence-corrected chi connectivity index (χ1v) is 5.99. The van der Waals surface area contributed by atoms with Gasteiger partial charge in [0, 0.05) is 39.5 Å². The molecule has 0 aromatic carbocycles. The zero-order valence-corrected chi connectivity index (χ0v) is 9.99. The van der Waals surface area contributed by atoms with E-state index in [0.29, 0.717) is 26.2 Å². The summed E-state index contributed by atoms with van der Waals surface area (Å²) in [5.41, 5.74) is 0. The van der Waals surface area contributed by atoms with E-state index in [2.05, 4.69) is 5.32 Å². The number of hydrogen-bond acceptors (Lipinski definition) is 5. The lowest BCUT2D eigenvalue weighted by Gasteiger charge is -2.06. The molecule has 98 valence electrons. The van der Waals surface area contributed by atoms with Crippen LogP contribution in [0, 0.1) is 0 Å². The van der Waals surface area contributed by atoms with Crippen molar-refractivity contribution in [2.75, 3.05) is 52.7 Å². The van der Waals surface area contributed by atoms with Gasteiger partial charge < -0.3 is 25.0 Å². The third-order valence-electron chi connectivity index (χ3n) is 1.99. The lowest BCUT2D eigenvalue weighted by Crippen LogP contribution is -2.24. The number of aliphatic hydroxyl groups is 2. The molecule has 0 atom stereocenters. The second-order valence-corrected chi connectivity index (χ2v) is 3.48. The topological polar surface area (TPSA) is 71.0 Å². The SMILES string of the molecule is OCCCCOCCNCCOCCCO. The van der Waals surface area contributed by atoms with Gasteiger partial charge in [0.05, 0.1) is 13.2 Å². The van der Waals surface area contributed by atoms with Crippen LogP contribution in [-0.4, -0.2) is 62.9 Å². The Morgan fingerprint density at radius 3 is 1.81 bits per heavy atom. The fourth-order valence-electron chi connectivity index (χ4n) is 1.10. The highest BCUT2D eigenvalue weighted by Crippen LogP contribution is 1.87. The maximum absolute atomic E-state index is 8.53. The quantitative estimate of drug-likeness (QED) is 0.384. The van der Waals surface area contributed by atoms with E-state index in [4.69, 9.17) is 19.7 Å². The van der Waals surface area contributed by atoms with Crippen LogP contribution in [0.25, 0.3) is 0 Å². The number of nitrogens with one attached hydrogen (secondary N) is 1. The molecule has 5 heteroatoms. The number of hydrogen-bond donors (Lipinski definition) is 3. The molecule has 0 aliphatic carbocycles. The Balaban J connectivity index is 2.83. The number of aliphatic hydroxyl groups excluding tert-OH is 2. The molecule has 0 saturated heterocycles. The average molecular weight is 235 g/mol. The van der Waals surface area contributed by atoms with Crippen LogP contribution < -0.4 is 5.32 Å². The number of unbranched alkanes of at least 4 members (excludes halogenated alkanes) is 1. The van der Waals surface area contributed by atoms with Crippen molar-refractivity contribution in [2.45, 2.75) is 19.3 Å². The van der Waals surface area contributed by atoms with Crippen LogP contribution in [-0.2, 0) is 9.47 Å². The van der Waals surface area contributed by atoms with Crippen LogP contribution in [0.1, 0.15) is 19.3 Å². The molecule has 16 heavy (non-hydrogen) atoms. The van der Waals surface area contributed by atoms with E-state index < -0.39 is 0 Å². The van der Waals surface area contributed by atoms with Crippen LogP contribution in [0.2, 0.25) is 0 Å². The molecule has 0 radical (unpaired) electrons. The monoisotopic (exact) mass is 235 g/mol. The summed E-state index contributed by atoms with van der Waals surface area (Å²) in [6, 6.07) is 0. The molecule has 0 spiro atoms. The van der Waals surface area contributed by atoms with E-state index in [0.717, 1.165) is 32.5 Å². The van der Waals surface area contributed by atoms with Crippen molar-refractivity contribution in [3.8, 4) is 0 Å². The minimum Gasteiger partial charge on any atom is -0.396 e. The van der Waals surface area contributed by atoms with Gasteiger partial charge >= 0.3 is 0 Å². The first-order chi connectivity index (χ1) is 7.91. The highest BCUT2D eigenvalue weighted by Gasteiger charge is 1.91. The predicted molar refractivity (Wildman–Crippen MR) is 62.5 cm³/mol. The molecule has 0 fully saturated rings. The van der Waals surface area contributed by atoms with Gasteiger partial charge in [-0.15, -0.1) is 0 Å². The summed E-state index contributed by atoms with van der Waals surface area (Å²) in [7, 11) is 0. The van der Waals surface area contributed by atoms with Gasteiger partial charge in [0.15, 0.2) is 0 Å². The van der Waals surface area contributed by atoms with Gasteiger partial charge in [0.2, 0.25) is 0 Å². The van der Waals surface area contributed by atoms with E-state index >= 15 is 0 Å². The molecular formula is C11H25NO4. The lowest BCUT2D eigenvalue weighted by atomic mass is 10.3. The normalized spacial score (nSPS) is 10.9. The van der Waals surface area contributed by atoms with Crippen LogP contribution in [0.5, 0.6) is 0 Å².